The lowest BCUT2D eigenvalue weighted by atomic mass is 9.87. The van der Waals surface area contributed by atoms with Crippen LogP contribution in [0.15, 0.2) is 0 Å². The Bertz CT molecular complexity index is 200. The van der Waals surface area contributed by atoms with Crippen molar-refractivity contribution >= 4 is 17.7 Å². The van der Waals surface area contributed by atoms with Crippen molar-refractivity contribution in [3.8, 4) is 0 Å². The first-order valence-electron chi connectivity index (χ1n) is 6.05. The molecule has 16 heavy (non-hydrogen) atoms. The zero-order chi connectivity index (χ0) is 11.8. The topological polar surface area (TPSA) is 35.5 Å². The van der Waals surface area contributed by atoms with Crippen LogP contribution in [0.1, 0.15) is 32.6 Å². The molecular weight excluding hydrogens is 224 g/mol. The fourth-order valence-corrected chi connectivity index (χ4v) is 2.55. The van der Waals surface area contributed by atoms with E-state index in [1.807, 2.05) is 11.8 Å². The van der Waals surface area contributed by atoms with Crippen LogP contribution in [0.25, 0.3) is 0 Å². The third-order valence-corrected chi connectivity index (χ3v) is 3.86. The summed E-state index contributed by atoms with van der Waals surface area (Å²) in [6.45, 7) is 3.00. The van der Waals surface area contributed by atoms with Crippen LogP contribution in [-0.2, 0) is 14.3 Å². The van der Waals surface area contributed by atoms with Crippen molar-refractivity contribution in [2.75, 3.05) is 25.2 Å². The number of ether oxygens (including phenoxy) is 2. The zero-order valence-corrected chi connectivity index (χ0v) is 11.1. The molecule has 0 spiro atoms. The molecule has 0 N–H and O–H groups in total. The molecule has 0 atom stereocenters. The van der Waals surface area contributed by atoms with E-state index in [2.05, 4.69) is 6.92 Å². The number of carbonyl (C=O) groups is 1. The van der Waals surface area contributed by atoms with E-state index >= 15 is 0 Å². The summed E-state index contributed by atoms with van der Waals surface area (Å²) in [6, 6.07) is 0. The maximum Gasteiger partial charge on any atom is 0.308 e. The number of hydrogen-bond acceptors (Lipinski definition) is 4. The van der Waals surface area contributed by atoms with Crippen LogP contribution in [0.4, 0.5) is 0 Å². The summed E-state index contributed by atoms with van der Waals surface area (Å²) < 4.78 is 10.5. The quantitative estimate of drug-likeness (QED) is 0.533. The van der Waals surface area contributed by atoms with Crippen LogP contribution >= 0.6 is 11.8 Å². The predicted molar refractivity (Wildman–Crippen MR) is 66.7 cm³/mol. The summed E-state index contributed by atoms with van der Waals surface area (Å²) >= 11 is 1.91. The molecule has 3 nitrogen and oxygen atoms in total. The van der Waals surface area contributed by atoms with Crippen LogP contribution in [-0.4, -0.2) is 37.3 Å². The van der Waals surface area contributed by atoms with Gasteiger partial charge in [-0.25, -0.2) is 0 Å². The summed E-state index contributed by atoms with van der Waals surface area (Å²) in [7, 11) is 1.47. The fourth-order valence-electron chi connectivity index (χ4n) is 2.05. The van der Waals surface area contributed by atoms with E-state index in [0.717, 1.165) is 43.8 Å². The highest BCUT2D eigenvalue weighted by atomic mass is 32.2. The van der Waals surface area contributed by atoms with Crippen LogP contribution in [0.5, 0.6) is 0 Å². The number of thioether (sulfide) groups is 1. The van der Waals surface area contributed by atoms with E-state index in [9.17, 15) is 4.79 Å². The molecule has 0 aliphatic heterocycles. The van der Waals surface area contributed by atoms with Gasteiger partial charge in [0.2, 0.25) is 0 Å². The molecule has 1 saturated carbocycles. The Kier molecular flexibility index (Phi) is 6.88. The Morgan fingerprint density at radius 1 is 1.31 bits per heavy atom. The molecule has 0 aromatic carbocycles. The van der Waals surface area contributed by atoms with Crippen LogP contribution in [0, 0.1) is 5.92 Å². The third-order valence-electron chi connectivity index (χ3n) is 2.99. The van der Waals surface area contributed by atoms with E-state index in [1.165, 1.54) is 7.11 Å². The van der Waals surface area contributed by atoms with Gasteiger partial charge in [0.15, 0.2) is 0 Å². The molecule has 0 aromatic heterocycles. The first-order valence-corrected chi connectivity index (χ1v) is 7.20. The zero-order valence-electron chi connectivity index (χ0n) is 10.2. The number of carbonyl (C=O) groups excluding carboxylic acids is 1. The minimum absolute atomic E-state index is 0.0556. The minimum atomic E-state index is -0.0556. The van der Waals surface area contributed by atoms with Gasteiger partial charge in [-0.05, 0) is 31.4 Å². The van der Waals surface area contributed by atoms with E-state index in [0.29, 0.717) is 6.10 Å². The normalized spacial score (nSPS) is 25.4. The number of methoxy groups -OCH3 is 1. The molecule has 0 heterocycles. The average molecular weight is 246 g/mol. The molecule has 1 fully saturated rings. The predicted octanol–water partition coefficient (Wildman–Crippen LogP) is 2.49. The van der Waals surface area contributed by atoms with Gasteiger partial charge in [0.25, 0.3) is 0 Å². The summed E-state index contributed by atoms with van der Waals surface area (Å²) in [6.07, 6.45) is 4.18. The minimum Gasteiger partial charge on any atom is -0.469 e. The lowest BCUT2D eigenvalue weighted by Crippen LogP contribution is -2.27. The fraction of sp³-hybridized carbons (Fsp3) is 0.917. The highest BCUT2D eigenvalue weighted by Gasteiger charge is 2.26. The summed E-state index contributed by atoms with van der Waals surface area (Å²) in [5, 5.41) is 0. The molecule has 0 bridgehead atoms. The van der Waals surface area contributed by atoms with Crippen LogP contribution in [0.3, 0.4) is 0 Å². The second-order valence-corrected chi connectivity index (χ2v) is 5.46. The van der Waals surface area contributed by atoms with Crippen molar-refractivity contribution in [2.24, 2.45) is 5.92 Å². The van der Waals surface area contributed by atoms with Gasteiger partial charge in [0, 0.05) is 5.75 Å². The second kappa shape index (κ2) is 7.96. The molecule has 1 aliphatic carbocycles. The lowest BCUT2D eigenvalue weighted by Gasteiger charge is -2.26. The first-order chi connectivity index (χ1) is 7.77. The van der Waals surface area contributed by atoms with Crippen molar-refractivity contribution in [1.82, 2.24) is 0 Å². The lowest BCUT2D eigenvalue weighted by molar-refractivity contribution is -0.147. The Balaban J connectivity index is 2.10. The first kappa shape index (κ1) is 13.8. The van der Waals surface area contributed by atoms with Crippen molar-refractivity contribution in [1.29, 1.82) is 0 Å². The molecule has 0 radical (unpaired) electrons. The smallest absolute Gasteiger partial charge is 0.308 e. The Hall–Kier alpha value is -0.220. The Morgan fingerprint density at radius 2 is 2.00 bits per heavy atom. The summed E-state index contributed by atoms with van der Waals surface area (Å²) in [5.41, 5.74) is 0. The molecule has 0 unspecified atom stereocenters. The second-order valence-electron chi connectivity index (χ2n) is 4.06. The van der Waals surface area contributed by atoms with Gasteiger partial charge in [-0.1, -0.05) is 6.92 Å². The Labute approximate surface area is 102 Å². The van der Waals surface area contributed by atoms with Gasteiger partial charge < -0.3 is 9.47 Å². The molecule has 0 saturated heterocycles. The van der Waals surface area contributed by atoms with E-state index in [-0.39, 0.29) is 11.9 Å². The monoisotopic (exact) mass is 246 g/mol. The van der Waals surface area contributed by atoms with Crippen molar-refractivity contribution in [3.63, 3.8) is 0 Å². The number of hydrogen-bond donors (Lipinski definition) is 0. The molecular formula is C12H22O3S. The Morgan fingerprint density at radius 3 is 2.56 bits per heavy atom. The highest BCUT2D eigenvalue weighted by Crippen LogP contribution is 2.27. The van der Waals surface area contributed by atoms with E-state index in [1.54, 1.807) is 0 Å². The van der Waals surface area contributed by atoms with Gasteiger partial charge >= 0.3 is 5.97 Å². The van der Waals surface area contributed by atoms with Crippen LogP contribution < -0.4 is 0 Å². The SMILES string of the molecule is CCSCCOC1CCC(C(=O)OC)CC1. The summed E-state index contributed by atoms with van der Waals surface area (Å²) in [4.78, 5) is 11.3. The molecule has 4 heteroatoms. The largest absolute Gasteiger partial charge is 0.469 e. The van der Waals surface area contributed by atoms with Gasteiger partial charge in [0.1, 0.15) is 0 Å². The van der Waals surface area contributed by atoms with Crippen molar-refractivity contribution < 1.29 is 14.3 Å². The van der Waals surface area contributed by atoms with E-state index in [4.69, 9.17) is 9.47 Å². The average Bonchev–Trinajstić information content (AvgIpc) is 2.34. The van der Waals surface area contributed by atoms with Gasteiger partial charge in [0.05, 0.1) is 25.7 Å². The number of rotatable bonds is 6. The maximum atomic E-state index is 11.3. The van der Waals surface area contributed by atoms with Gasteiger partial charge in [-0.2, -0.15) is 11.8 Å². The highest BCUT2D eigenvalue weighted by molar-refractivity contribution is 7.99. The van der Waals surface area contributed by atoms with Gasteiger partial charge in [-0.15, -0.1) is 0 Å². The van der Waals surface area contributed by atoms with Crippen molar-refractivity contribution in [3.05, 3.63) is 0 Å². The van der Waals surface area contributed by atoms with Crippen molar-refractivity contribution in [2.45, 2.75) is 38.7 Å². The maximum absolute atomic E-state index is 11.3. The van der Waals surface area contributed by atoms with E-state index < -0.39 is 0 Å². The third kappa shape index (κ3) is 4.74. The molecule has 0 aromatic rings. The molecule has 1 rings (SSSR count). The molecule has 94 valence electrons. The summed E-state index contributed by atoms with van der Waals surface area (Å²) in [5.74, 6) is 2.28. The standard InChI is InChI=1S/C12H22O3S/c1-3-16-9-8-15-11-6-4-10(5-7-11)12(13)14-2/h10-11H,3-9H2,1-2H3. The van der Waals surface area contributed by atoms with Crippen LogP contribution in [0.2, 0.25) is 0 Å². The van der Waals surface area contributed by atoms with Gasteiger partial charge in [-0.3, -0.25) is 4.79 Å². The number of esters is 1. The molecule has 0 amide bonds. The molecule has 1 aliphatic rings.